The van der Waals surface area contributed by atoms with Crippen molar-refractivity contribution < 1.29 is 0 Å². The predicted octanol–water partition coefficient (Wildman–Crippen LogP) is 2.60. The van der Waals surface area contributed by atoms with Crippen LogP contribution in [0, 0.1) is 11.3 Å². The Morgan fingerprint density at radius 1 is 1.31 bits per heavy atom. The molecule has 0 saturated carbocycles. The van der Waals surface area contributed by atoms with Gasteiger partial charge in [-0.25, -0.2) is 0 Å². The highest BCUT2D eigenvalue weighted by Gasteiger charge is 2.17. The van der Waals surface area contributed by atoms with Crippen LogP contribution in [0.1, 0.15) is 51.9 Å². The van der Waals surface area contributed by atoms with Crippen molar-refractivity contribution in [1.29, 1.82) is 5.41 Å². The largest absolute Gasteiger partial charge is 0.388 e. The third kappa shape index (κ3) is 5.50. The van der Waals surface area contributed by atoms with Crippen LogP contribution < -0.4 is 5.73 Å². The molecule has 0 unspecified atom stereocenters. The van der Waals surface area contributed by atoms with Crippen LogP contribution in [-0.2, 0) is 0 Å². The first-order valence-electron chi connectivity index (χ1n) is 6.77. The van der Waals surface area contributed by atoms with E-state index in [2.05, 4.69) is 11.8 Å². The number of nitrogens with two attached hydrogens (primary N) is 1. The molecule has 0 aromatic heterocycles. The van der Waals surface area contributed by atoms with Crippen molar-refractivity contribution in [3.8, 4) is 0 Å². The van der Waals surface area contributed by atoms with Gasteiger partial charge in [-0.05, 0) is 51.2 Å². The van der Waals surface area contributed by atoms with Gasteiger partial charge in [0.1, 0.15) is 0 Å². The van der Waals surface area contributed by atoms with E-state index in [0.717, 1.165) is 18.8 Å². The number of likely N-dealkylation sites (tertiary alicyclic amines) is 1. The molecule has 0 spiro atoms. The summed E-state index contributed by atoms with van der Waals surface area (Å²) in [5.41, 5.74) is 5.33. The monoisotopic (exact) mass is 225 g/mol. The molecule has 0 amide bonds. The lowest BCUT2D eigenvalue weighted by atomic mass is 9.92. The topological polar surface area (TPSA) is 53.1 Å². The Bertz CT molecular complexity index is 195. The molecule has 0 radical (unpaired) electrons. The lowest BCUT2D eigenvalue weighted by Crippen LogP contribution is -2.34. The number of amidine groups is 1. The van der Waals surface area contributed by atoms with Crippen LogP contribution in [0.2, 0.25) is 0 Å². The fourth-order valence-electron chi connectivity index (χ4n) is 2.56. The zero-order valence-corrected chi connectivity index (χ0v) is 10.7. The van der Waals surface area contributed by atoms with Gasteiger partial charge in [-0.15, -0.1) is 0 Å². The quantitative estimate of drug-likeness (QED) is 0.397. The van der Waals surface area contributed by atoms with Crippen molar-refractivity contribution in [3.63, 3.8) is 0 Å². The molecule has 1 heterocycles. The first-order chi connectivity index (χ1) is 7.72. The van der Waals surface area contributed by atoms with Crippen LogP contribution in [0.5, 0.6) is 0 Å². The number of hydrogen-bond donors (Lipinski definition) is 2. The minimum Gasteiger partial charge on any atom is -0.388 e. The Labute approximate surface area is 99.9 Å². The van der Waals surface area contributed by atoms with Crippen molar-refractivity contribution in [2.24, 2.45) is 11.7 Å². The summed E-state index contributed by atoms with van der Waals surface area (Å²) >= 11 is 0. The summed E-state index contributed by atoms with van der Waals surface area (Å²) in [5.74, 6) is 1.32. The smallest absolute Gasteiger partial charge is 0.0905 e. The summed E-state index contributed by atoms with van der Waals surface area (Å²) in [5, 5.41) is 7.15. The molecule has 1 rings (SSSR count). The SMILES string of the molecule is CCCC1CCN(CCCCC(=N)N)CC1. The fraction of sp³-hybridized carbons (Fsp3) is 0.923. The molecule has 0 aromatic carbocycles. The van der Waals surface area contributed by atoms with Crippen molar-refractivity contribution in [2.45, 2.75) is 51.9 Å². The van der Waals surface area contributed by atoms with Gasteiger partial charge < -0.3 is 10.6 Å². The lowest BCUT2D eigenvalue weighted by molar-refractivity contribution is 0.176. The van der Waals surface area contributed by atoms with E-state index < -0.39 is 0 Å². The molecule has 3 N–H and O–H groups in total. The van der Waals surface area contributed by atoms with Gasteiger partial charge in [0.15, 0.2) is 0 Å². The molecule has 1 fully saturated rings. The second kappa shape index (κ2) is 7.66. The minimum absolute atomic E-state index is 0.335. The average molecular weight is 225 g/mol. The summed E-state index contributed by atoms with van der Waals surface area (Å²) in [6, 6.07) is 0. The van der Waals surface area contributed by atoms with Gasteiger partial charge in [-0.2, -0.15) is 0 Å². The van der Waals surface area contributed by atoms with Gasteiger partial charge in [-0.1, -0.05) is 19.8 Å². The van der Waals surface area contributed by atoms with Gasteiger partial charge in [-0.3, -0.25) is 5.41 Å². The predicted molar refractivity (Wildman–Crippen MR) is 69.8 cm³/mol. The van der Waals surface area contributed by atoms with E-state index in [1.165, 1.54) is 51.7 Å². The summed E-state index contributed by atoms with van der Waals surface area (Å²) in [6.07, 6.45) is 8.57. The van der Waals surface area contributed by atoms with E-state index in [-0.39, 0.29) is 0 Å². The molecular weight excluding hydrogens is 198 g/mol. The zero-order chi connectivity index (χ0) is 11.8. The molecule has 0 atom stereocenters. The van der Waals surface area contributed by atoms with Crippen molar-refractivity contribution in [1.82, 2.24) is 4.90 Å². The highest BCUT2D eigenvalue weighted by Crippen LogP contribution is 2.21. The third-order valence-corrected chi connectivity index (χ3v) is 3.57. The molecule has 16 heavy (non-hydrogen) atoms. The number of hydrogen-bond acceptors (Lipinski definition) is 2. The van der Waals surface area contributed by atoms with Crippen molar-refractivity contribution >= 4 is 5.84 Å². The summed E-state index contributed by atoms with van der Waals surface area (Å²) in [7, 11) is 0. The van der Waals surface area contributed by atoms with E-state index in [1.807, 2.05) is 0 Å². The van der Waals surface area contributed by atoms with E-state index in [1.54, 1.807) is 0 Å². The molecule has 1 saturated heterocycles. The van der Waals surface area contributed by atoms with E-state index in [4.69, 9.17) is 11.1 Å². The average Bonchev–Trinajstić information content (AvgIpc) is 2.27. The Kier molecular flexibility index (Phi) is 6.46. The minimum atomic E-state index is 0.335. The lowest BCUT2D eigenvalue weighted by Gasteiger charge is -2.31. The molecule has 3 heteroatoms. The normalized spacial score (nSPS) is 18.8. The highest BCUT2D eigenvalue weighted by molar-refractivity contribution is 5.76. The van der Waals surface area contributed by atoms with Crippen molar-refractivity contribution in [2.75, 3.05) is 19.6 Å². The number of nitrogens with one attached hydrogen (secondary N) is 1. The molecule has 0 aliphatic carbocycles. The van der Waals surface area contributed by atoms with E-state index in [0.29, 0.717) is 5.84 Å². The Balaban J connectivity index is 2.01. The Morgan fingerprint density at radius 3 is 2.56 bits per heavy atom. The molecule has 94 valence electrons. The van der Waals surface area contributed by atoms with Crippen LogP contribution in [-0.4, -0.2) is 30.4 Å². The van der Waals surface area contributed by atoms with Crippen LogP contribution in [0.25, 0.3) is 0 Å². The van der Waals surface area contributed by atoms with Gasteiger partial charge in [0.05, 0.1) is 5.84 Å². The molecule has 0 aromatic rings. The first kappa shape index (κ1) is 13.5. The Hall–Kier alpha value is -0.570. The summed E-state index contributed by atoms with van der Waals surface area (Å²) in [4.78, 5) is 2.58. The molecule has 3 nitrogen and oxygen atoms in total. The van der Waals surface area contributed by atoms with Gasteiger partial charge in [0.2, 0.25) is 0 Å². The second-order valence-electron chi connectivity index (χ2n) is 5.06. The van der Waals surface area contributed by atoms with Crippen LogP contribution in [0.4, 0.5) is 0 Å². The molecule has 1 aliphatic rings. The maximum atomic E-state index is 7.15. The Morgan fingerprint density at radius 2 is 2.00 bits per heavy atom. The standard InChI is InChI=1S/C13H27N3/c1-2-5-12-7-10-16(11-8-12)9-4-3-6-13(14)15/h12H,2-11H2,1H3,(H3,14,15). The summed E-state index contributed by atoms with van der Waals surface area (Å²) in [6.45, 7) is 6.05. The van der Waals surface area contributed by atoms with Crippen LogP contribution in [0.3, 0.4) is 0 Å². The maximum absolute atomic E-state index is 7.15. The number of nitrogens with zero attached hydrogens (tertiary/aromatic N) is 1. The zero-order valence-electron chi connectivity index (χ0n) is 10.7. The fourth-order valence-corrected chi connectivity index (χ4v) is 2.56. The third-order valence-electron chi connectivity index (χ3n) is 3.57. The molecule has 0 bridgehead atoms. The number of piperidine rings is 1. The van der Waals surface area contributed by atoms with Gasteiger partial charge >= 0.3 is 0 Å². The maximum Gasteiger partial charge on any atom is 0.0905 e. The highest BCUT2D eigenvalue weighted by atomic mass is 15.1. The number of rotatable bonds is 7. The second-order valence-corrected chi connectivity index (χ2v) is 5.06. The van der Waals surface area contributed by atoms with Crippen LogP contribution >= 0.6 is 0 Å². The molecule has 1 aliphatic heterocycles. The van der Waals surface area contributed by atoms with E-state index >= 15 is 0 Å². The van der Waals surface area contributed by atoms with Crippen molar-refractivity contribution in [3.05, 3.63) is 0 Å². The number of unbranched alkanes of at least 4 members (excludes halogenated alkanes) is 1. The first-order valence-corrected chi connectivity index (χ1v) is 6.77. The molecular formula is C13H27N3. The van der Waals surface area contributed by atoms with Gasteiger partial charge in [0, 0.05) is 6.42 Å². The van der Waals surface area contributed by atoms with Crippen LogP contribution in [0.15, 0.2) is 0 Å². The van der Waals surface area contributed by atoms with E-state index in [9.17, 15) is 0 Å². The summed E-state index contributed by atoms with van der Waals surface area (Å²) < 4.78 is 0. The van der Waals surface area contributed by atoms with Gasteiger partial charge in [0.25, 0.3) is 0 Å².